The maximum absolute atomic E-state index is 5.93. The van der Waals surface area contributed by atoms with Crippen LogP contribution in [0.25, 0.3) is 5.82 Å². The fourth-order valence-electron chi connectivity index (χ4n) is 3.10. The van der Waals surface area contributed by atoms with E-state index < -0.39 is 0 Å². The third-order valence-electron chi connectivity index (χ3n) is 4.53. The number of aromatic nitrogens is 4. The number of rotatable bonds is 6. The Bertz CT molecular complexity index is 994. The summed E-state index contributed by atoms with van der Waals surface area (Å²) in [6.45, 7) is 0. The zero-order valence-electron chi connectivity index (χ0n) is 14.9. The van der Waals surface area contributed by atoms with Crippen LogP contribution in [0.3, 0.4) is 0 Å². The van der Waals surface area contributed by atoms with Gasteiger partial charge in [-0.15, -0.1) is 4.98 Å². The molecule has 0 aliphatic heterocycles. The van der Waals surface area contributed by atoms with Crippen molar-refractivity contribution in [1.29, 1.82) is 0 Å². The molecule has 136 valence electrons. The number of anilines is 1. The number of nitrogens with one attached hydrogen (secondary N) is 2. The molecule has 0 aliphatic carbocycles. The van der Waals surface area contributed by atoms with Gasteiger partial charge in [0.1, 0.15) is 23.8 Å². The monoisotopic (exact) mass is 379 g/mol. The van der Waals surface area contributed by atoms with Gasteiger partial charge in [-0.05, 0) is 35.7 Å². The van der Waals surface area contributed by atoms with E-state index in [1.165, 1.54) is 16.9 Å². The number of nitrogens with zero attached hydrogens (tertiary/aromatic N) is 2. The van der Waals surface area contributed by atoms with Crippen LogP contribution in [0.4, 0.5) is 5.13 Å². The van der Waals surface area contributed by atoms with Crippen LogP contribution in [0.1, 0.15) is 22.7 Å². The molecule has 0 saturated carbocycles. The van der Waals surface area contributed by atoms with Gasteiger partial charge in [0.2, 0.25) is 0 Å². The molecule has 0 spiro atoms. The summed E-state index contributed by atoms with van der Waals surface area (Å²) in [5.41, 5.74) is 9.40. The molecule has 3 heterocycles. The molecule has 1 atom stereocenters. The normalized spacial score (nSPS) is 12.0. The second-order valence-corrected chi connectivity index (χ2v) is 7.16. The van der Waals surface area contributed by atoms with Crippen LogP contribution in [0.5, 0.6) is 5.75 Å². The van der Waals surface area contributed by atoms with Crippen LogP contribution >= 0.6 is 11.3 Å². The molecule has 4 rings (SSSR count). The van der Waals surface area contributed by atoms with Crippen molar-refractivity contribution in [2.45, 2.75) is 12.3 Å². The first-order chi connectivity index (χ1) is 13.2. The second-order valence-electron chi connectivity index (χ2n) is 6.25. The molecule has 0 bridgehead atoms. The first kappa shape index (κ1) is 17.2. The Kier molecular flexibility index (Phi) is 4.84. The van der Waals surface area contributed by atoms with Crippen LogP contribution < -0.4 is 20.0 Å². The summed E-state index contributed by atoms with van der Waals surface area (Å²) in [5, 5.41) is 2.79. The highest BCUT2D eigenvalue weighted by atomic mass is 32.1. The zero-order chi connectivity index (χ0) is 18.6. The Morgan fingerprint density at radius 2 is 2.11 bits per heavy atom. The van der Waals surface area contributed by atoms with Crippen molar-refractivity contribution in [3.63, 3.8) is 0 Å². The van der Waals surface area contributed by atoms with Crippen molar-refractivity contribution in [1.82, 2.24) is 9.97 Å². The first-order valence-electron chi connectivity index (χ1n) is 8.62. The number of aromatic amines is 2. The lowest BCUT2D eigenvalue weighted by molar-refractivity contribution is -0.598. The fourth-order valence-corrected chi connectivity index (χ4v) is 3.75. The van der Waals surface area contributed by atoms with Crippen molar-refractivity contribution < 1.29 is 14.3 Å². The number of H-pyrrole nitrogens is 2. The van der Waals surface area contributed by atoms with Crippen LogP contribution in [-0.2, 0) is 6.42 Å². The molecule has 3 aromatic heterocycles. The van der Waals surface area contributed by atoms with Crippen molar-refractivity contribution in [3.05, 3.63) is 83.5 Å². The molecule has 4 N–H and O–H groups in total. The number of hydrogen-bond acceptors (Lipinski definition) is 4. The minimum atomic E-state index is 0.164. The molecule has 0 fully saturated rings. The molecule has 0 aliphatic rings. The lowest BCUT2D eigenvalue weighted by Crippen LogP contribution is -2.28. The minimum absolute atomic E-state index is 0.164. The molecule has 4 aromatic rings. The van der Waals surface area contributed by atoms with Gasteiger partial charge in [-0.3, -0.25) is 10.7 Å². The SMILES string of the molecule is COc1ccc(C(Cc2ccc(-[n+]3cc[nH]c3)nc2)c2csc(N)[nH+]2)cc1. The summed E-state index contributed by atoms with van der Waals surface area (Å²) in [6.07, 6.45) is 8.42. The number of pyridine rings is 1. The van der Waals surface area contributed by atoms with E-state index in [0.717, 1.165) is 29.2 Å². The number of nitrogens with two attached hydrogens (primary N) is 1. The quantitative estimate of drug-likeness (QED) is 0.505. The highest BCUT2D eigenvalue weighted by Crippen LogP contribution is 2.29. The largest absolute Gasteiger partial charge is 0.497 e. The van der Waals surface area contributed by atoms with E-state index in [2.05, 4.69) is 38.5 Å². The predicted octanol–water partition coefficient (Wildman–Crippen LogP) is 2.53. The lowest BCUT2D eigenvalue weighted by atomic mass is 9.90. The predicted molar refractivity (Wildman–Crippen MR) is 104 cm³/mol. The van der Waals surface area contributed by atoms with Gasteiger partial charge in [-0.1, -0.05) is 23.5 Å². The van der Waals surface area contributed by atoms with Gasteiger partial charge in [0.05, 0.1) is 19.2 Å². The smallest absolute Gasteiger partial charge is 0.329 e. The van der Waals surface area contributed by atoms with Crippen molar-refractivity contribution >= 4 is 16.5 Å². The molecule has 6 nitrogen and oxygen atoms in total. The summed E-state index contributed by atoms with van der Waals surface area (Å²) in [4.78, 5) is 10.9. The van der Waals surface area contributed by atoms with Gasteiger partial charge < -0.3 is 4.74 Å². The zero-order valence-corrected chi connectivity index (χ0v) is 15.7. The molecule has 0 radical (unpaired) electrons. The van der Waals surface area contributed by atoms with Gasteiger partial charge in [0.25, 0.3) is 5.82 Å². The molecular weight excluding hydrogens is 358 g/mol. The highest BCUT2D eigenvalue weighted by molar-refractivity contribution is 7.13. The van der Waals surface area contributed by atoms with Gasteiger partial charge >= 0.3 is 5.13 Å². The number of benzene rings is 1. The summed E-state index contributed by atoms with van der Waals surface area (Å²) in [6, 6.07) is 12.3. The molecular formula is C20H21N5OS+2. The van der Waals surface area contributed by atoms with Gasteiger partial charge in [-0.2, -0.15) is 0 Å². The number of thiazole rings is 1. The average molecular weight is 379 g/mol. The number of nitrogen functional groups attached to an aromatic ring is 1. The molecule has 1 aromatic carbocycles. The number of hydrogen-bond donors (Lipinski definition) is 2. The first-order valence-corrected chi connectivity index (χ1v) is 9.50. The van der Waals surface area contributed by atoms with Gasteiger partial charge in [0, 0.05) is 11.4 Å². The minimum Gasteiger partial charge on any atom is -0.497 e. The molecule has 27 heavy (non-hydrogen) atoms. The van der Waals surface area contributed by atoms with Crippen LogP contribution in [0.15, 0.2) is 66.7 Å². The summed E-state index contributed by atoms with van der Waals surface area (Å²) >= 11 is 1.52. The Labute approximate surface area is 161 Å². The topological polar surface area (TPSA) is 82.0 Å². The fraction of sp³-hybridized carbons (Fsp3) is 0.150. The van der Waals surface area contributed by atoms with Crippen LogP contribution in [-0.4, -0.2) is 17.1 Å². The van der Waals surface area contributed by atoms with Crippen molar-refractivity contribution in [2.24, 2.45) is 0 Å². The molecule has 7 heteroatoms. The number of imidazole rings is 1. The van der Waals surface area contributed by atoms with Gasteiger partial charge in [0.15, 0.2) is 6.33 Å². The molecule has 0 amide bonds. The Hall–Kier alpha value is -3.19. The van der Waals surface area contributed by atoms with E-state index in [-0.39, 0.29) is 5.92 Å². The van der Waals surface area contributed by atoms with E-state index >= 15 is 0 Å². The maximum Gasteiger partial charge on any atom is 0.329 e. The van der Waals surface area contributed by atoms with E-state index in [0.29, 0.717) is 5.13 Å². The van der Waals surface area contributed by atoms with E-state index in [1.807, 2.05) is 47.7 Å². The van der Waals surface area contributed by atoms with Crippen molar-refractivity contribution in [2.75, 3.05) is 12.8 Å². The Morgan fingerprint density at radius 1 is 1.26 bits per heavy atom. The number of methoxy groups -OCH3 is 1. The summed E-state index contributed by atoms with van der Waals surface area (Å²) < 4.78 is 7.23. The summed E-state index contributed by atoms with van der Waals surface area (Å²) in [7, 11) is 1.68. The molecule has 1 unspecified atom stereocenters. The number of ether oxygens (including phenoxy) is 1. The van der Waals surface area contributed by atoms with Gasteiger partial charge in [-0.25, -0.2) is 9.55 Å². The van der Waals surface area contributed by atoms with Crippen LogP contribution in [0, 0.1) is 0 Å². The van der Waals surface area contributed by atoms with E-state index in [1.54, 1.807) is 7.11 Å². The average Bonchev–Trinajstić information content (AvgIpc) is 3.39. The standard InChI is InChI=1S/C20H19N5OS/c1-26-16-5-3-15(4-6-16)17(18-12-27-20(21)24-18)10-14-2-7-19(23-11-14)25-9-8-22-13-25/h2-9,11-13,17H,10H2,1H3,(H2,21,24)/p+2. The second kappa shape index (κ2) is 7.59. The van der Waals surface area contributed by atoms with Crippen molar-refractivity contribution in [3.8, 4) is 11.6 Å². The van der Waals surface area contributed by atoms with Crippen LogP contribution in [0.2, 0.25) is 0 Å². The van der Waals surface area contributed by atoms with E-state index in [4.69, 9.17) is 10.5 Å². The lowest BCUT2D eigenvalue weighted by Gasteiger charge is -2.14. The molecule has 0 saturated heterocycles. The maximum atomic E-state index is 5.93. The third-order valence-corrected chi connectivity index (χ3v) is 5.26. The third kappa shape index (κ3) is 3.83. The Morgan fingerprint density at radius 3 is 2.70 bits per heavy atom. The summed E-state index contributed by atoms with van der Waals surface area (Å²) in [5.74, 6) is 1.89. The Balaban J connectivity index is 1.62. The van der Waals surface area contributed by atoms with E-state index in [9.17, 15) is 0 Å². The highest BCUT2D eigenvalue weighted by Gasteiger charge is 2.21.